The number of nitrogens with zero attached hydrogens (tertiary/aromatic N) is 1. The fourth-order valence-corrected chi connectivity index (χ4v) is 1.94. The molecule has 0 aliphatic heterocycles. The van der Waals surface area contributed by atoms with Gasteiger partial charge in [-0.2, -0.15) is 0 Å². The third kappa shape index (κ3) is 4.45. The topological polar surface area (TPSA) is 41.9 Å². The van der Waals surface area contributed by atoms with E-state index in [4.69, 9.17) is 9.47 Å². The van der Waals surface area contributed by atoms with Crippen LogP contribution in [0.5, 0.6) is 0 Å². The number of hydrogen-bond donors (Lipinski definition) is 1. The number of ether oxygens (including phenoxy) is 2. The Labute approximate surface area is 113 Å². The molecule has 1 aromatic rings. The largest absolute Gasteiger partial charge is 0.389 e. The Bertz CT molecular complexity index is 377. The standard InChI is InChI=1S/C14H22FNO3/c1-11(17)12-5-4-6-13(15)14(12)16(7-9-18-2)8-10-19-3/h4-6,11,17H,7-10H2,1-3H3/t11-/m0/s1. The number of aliphatic hydroxyl groups is 1. The fourth-order valence-electron chi connectivity index (χ4n) is 1.94. The predicted molar refractivity (Wildman–Crippen MR) is 73.0 cm³/mol. The van der Waals surface area contributed by atoms with Crippen molar-refractivity contribution in [3.05, 3.63) is 29.6 Å². The van der Waals surface area contributed by atoms with Crippen molar-refractivity contribution in [2.75, 3.05) is 45.4 Å². The highest BCUT2D eigenvalue weighted by Crippen LogP contribution is 2.29. The van der Waals surface area contributed by atoms with Crippen LogP contribution >= 0.6 is 0 Å². The molecule has 0 radical (unpaired) electrons. The molecule has 4 nitrogen and oxygen atoms in total. The zero-order valence-corrected chi connectivity index (χ0v) is 11.7. The number of para-hydroxylation sites is 1. The lowest BCUT2D eigenvalue weighted by atomic mass is 10.1. The first-order valence-electron chi connectivity index (χ1n) is 6.31. The van der Waals surface area contributed by atoms with Gasteiger partial charge in [0.05, 0.1) is 25.0 Å². The third-order valence-corrected chi connectivity index (χ3v) is 2.91. The van der Waals surface area contributed by atoms with Gasteiger partial charge in [0.1, 0.15) is 5.82 Å². The van der Waals surface area contributed by atoms with E-state index in [1.54, 1.807) is 33.3 Å². The summed E-state index contributed by atoms with van der Waals surface area (Å²) in [5.74, 6) is -0.342. The zero-order valence-electron chi connectivity index (χ0n) is 11.7. The van der Waals surface area contributed by atoms with Crippen LogP contribution < -0.4 is 4.90 Å². The maximum absolute atomic E-state index is 14.1. The van der Waals surface area contributed by atoms with Crippen LogP contribution in [0, 0.1) is 5.82 Å². The van der Waals surface area contributed by atoms with Gasteiger partial charge in [-0.1, -0.05) is 12.1 Å². The van der Waals surface area contributed by atoms with Crippen molar-refractivity contribution in [2.45, 2.75) is 13.0 Å². The summed E-state index contributed by atoms with van der Waals surface area (Å²) in [6.45, 7) is 3.68. The van der Waals surface area contributed by atoms with Crippen molar-refractivity contribution in [1.82, 2.24) is 0 Å². The van der Waals surface area contributed by atoms with Crippen LogP contribution in [0.4, 0.5) is 10.1 Å². The second-order valence-electron chi connectivity index (χ2n) is 4.33. The monoisotopic (exact) mass is 271 g/mol. The molecule has 0 unspecified atom stereocenters. The highest BCUT2D eigenvalue weighted by atomic mass is 19.1. The van der Waals surface area contributed by atoms with Gasteiger partial charge in [0.2, 0.25) is 0 Å². The first-order valence-corrected chi connectivity index (χ1v) is 6.31. The van der Waals surface area contributed by atoms with Crippen LogP contribution in [-0.2, 0) is 9.47 Å². The number of benzene rings is 1. The molecule has 108 valence electrons. The van der Waals surface area contributed by atoms with E-state index in [2.05, 4.69) is 0 Å². The summed E-state index contributed by atoms with van der Waals surface area (Å²) in [4.78, 5) is 1.84. The summed E-state index contributed by atoms with van der Waals surface area (Å²) < 4.78 is 24.2. The van der Waals surface area contributed by atoms with Gasteiger partial charge in [-0.3, -0.25) is 0 Å². The van der Waals surface area contributed by atoms with Gasteiger partial charge in [-0.25, -0.2) is 4.39 Å². The molecule has 1 atom stereocenters. The van der Waals surface area contributed by atoms with Crippen molar-refractivity contribution >= 4 is 5.69 Å². The van der Waals surface area contributed by atoms with Crippen LogP contribution in [0.15, 0.2) is 18.2 Å². The molecule has 0 saturated carbocycles. The van der Waals surface area contributed by atoms with E-state index in [9.17, 15) is 9.50 Å². The summed E-state index contributed by atoms with van der Waals surface area (Å²) in [6.07, 6.45) is -0.724. The minimum absolute atomic E-state index is 0.342. The molecule has 1 aromatic carbocycles. The van der Waals surface area contributed by atoms with Gasteiger partial charge < -0.3 is 19.5 Å². The maximum atomic E-state index is 14.1. The lowest BCUT2D eigenvalue weighted by Crippen LogP contribution is -2.32. The van der Waals surface area contributed by atoms with E-state index < -0.39 is 6.10 Å². The van der Waals surface area contributed by atoms with Crippen molar-refractivity contribution in [2.24, 2.45) is 0 Å². The van der Waals surface area contributed by atoms with E-state index in [1.165, 1.54) is 6.07 Å². The summed E-state index contributed by atoms with van der Waals surface area (Å²) in [5, 5.41) is 9.77. The Morgan fingerprint density at radius 3 is 2.26 bits per heavy atom. The Morgan fingerprint density at radius 1 is 1.21 bits per heavy atom. The molecule has 5 heteroatoms. The molecule has 0 bridgehead atoms. The SMILES string of the molecule is COCCN(CCOC)c1c(F)cccc1[C@H](C)O. The number of rotatable bonds is 8. The highest BCUT2D eigenvalue weighted by molar-refractivity contribution is 5.55. The molecule has 0 saturated heterocycles. The summed E-state index contributed by atoms with van der Waals surface area (Å²) >= 11 is 0. The average molecular weight is 271 g/mol. The molecule has 0 spiro atoms. The molecule has 0 heterocycles. The van der Waals surface area contributed by atoms with E-state index in [0.717, 1.165) is 0 Å². The second kappa shape index (κ2) is 8.09. The summed E-state index contributed by atoms with van der Waals surface area (Å²) in [7, 11) is 3.21. The van der Waals surface area contributed by atoms with E-state index in [-0.39, 0.29) is 5.82 Å². The van der Waals surface area contributed by atoms with Crippen LogP contribution in [0.25, 0.3) is 0 Å². The quantitative estimate of drug-likeness (QED) is 0.785. The molecule has 19 heavy (non-hydrogen) atoms. The molecular formula is C14H22FNO3. The van der Waals surface area contributed by atoms with Gasteiger partial charge in [-0.15, -0.1) is 0 Å². The molecule has 0 aliphatic carbocycles. The fraction of sp³-hybridized carbons (Fsp3) is 0.571. The summed E-state index contributed by atoms with van der Waals surface area (Å²) in [6, 6.07) is 4.73. The van der Waals surface area contributed by atoms with Crippen LogP contribution in [-0.4, -0.2) is 45.6 Å². The Morgan fingerprint density at radius 2 is 1.79 bits per heavy atom. The smallest absolute Gasteiger partial charge is 0.146 e. The molecule has 0 aliphatic rings. The Kier molecular flexibility index (Phi) is 6.77. The maximum Gasteiger partial charge on any atom is 0.146 e. The van der Waals surface area contributed by atoms with E-state index in [0.29, 0.717) is 37.6 Å². The van der Waals surface area contributed by atoms with Gasteiger partial charge >= 0.3 is 0 Å². The molecular weight excluding hydrogens is 249 g/mol. The van der Waals surface area contributed by atoms with Gasteiger partial charge in [0, 0.05) is 32.9 Å². The van der Waals surface area contributed by atoms with Crippen LogP contribution in [0.3, 0.4) is 0 Å². The summed E-state index contributed by atoms with van der Waals surface area (Å²) in [5.41, 5.74) is 0.999. The number of halogens is 1. The molecule has 0 amide bonds. The first-order chi connectivity index (χ1) is 9.11. The molecule has 0 fully saturated rings. The first kappa shape index (κ1) is 15.9. The zero-order chi connectivity index (χ0) is 14.3. The van der Waals surface area contributed by atoms with Crippen LogP contribution in [0.1, 0.15) is 18.6 Å². The lowest BCUT2D eigenvalue weighted by Gasteiger charge is -2.28. The minimum Gasteiger partial charge on any atom is -0.389 e. The highest BCUT2D eigenvalue weighted by Gasteiger charge is 2.18. The van der Waals surface area contributed by atoms with Gasteiger partial charge in [0.15, 0.2) is 0 Å². The van der Waals surface area contributed by atoms with Crippen molar-refractivity contribution in [3.8, 4) is 0 Å². The average Bonchev–Trinajstić information content (AvgIpc) is 2.39. The number of anilines is 1. The molecule has 0 aromatic heterocycles. The van der Waals surface area contributed by atoms with Crippen molar-refractivity contribution in [1.29, 1.82) is 0 Å². The molecule has 1 rings (SSSR count). The Hall–Kier alpha value is -1.17. The third-order valence-electron chi connectivity index (χ3n) is 2.91. The van der Waals surface area contributed by atoms with Crippen LogP contribution in [0.2, 0.25) is 0 Å². The van der Waals surface area contributed by atoms with Crippen molar-refractivity contribution in [3.63, 3.8) is 0 Å². The second-order valence-corrected chi connectivity index (χ2v) is 4.33. The van der Waals surface area contributed by atoms with Gasteiger partial charge in [0.25, 0.3) is 0 Å². The Balaban J connectivity index is 3.04. The van der Waals surface area contributed by atoms with E-state index in [1.807, 2.05) is 4.90 Å². The number of aliphatic hydroxyl groups excluding tert-OH is 1. The minimum atomic E-state index is -0.724. The van der Waals surface area contributed by atoms with Gasteiger partial charge in [-0.05, 0) is 13.0 Å². The predicted octanol–water partition coefficient (Wildman–Crippen LogP) is 1.98. The number of hydrogen-bond acceptors (Lipinski definition) is 4. The van der Waals surface area contributed by atoms with Crippen molar-refractivity contribution < 1.29 is 19.0 Å². The lowest BCUT2D eigenvalue weighted by molar-refractivity contribution is 0.187. The number of methoxy groups -OCH3 is 2. The normalized spacial score (nSPS) is 12.5. The van der Waals surface area contributed by atoms with E-state index >= 15 is 0 Å². The molecule has 1 N–H and O–H groups in total.